The van der Waals surface area contributed by atoms with Gasteiger partial charge in [-0.15, -0.1) is 0 Å². The molecule has 0 saturated carbocycles. The molecule has 1 saturated heterocycles. The quantitative estimate of drug-likeness (QED) is 0.572. The highest BCUT2D eigenvalue weighted by Gasteiger charge is 2.32. The predicted molar refractivity (Wildman–Crippen MR) is 101 cm³/mol. The van der Waals surface area contributed by atoms with Crippen molar-refractivity contribution in [3.8, 4) is 5.75 Å². The number of halogens is 4. The van der Waals surface area contributed by atoms with Gasteiger partial charge in [0.05, 0.1) is 5.69 Å². The highest BCUT2D eigenvalue weighted by molar-refractivity contribution is 7.80. The Morgan fingerprint density at radius 3 is 2.46 bits per heavy atom. The predicted octanol–water partition coefficient (Wildman–Crippen LogP) is 4.86. The molecule has 134 valence electrons. The number of hydrogen-bond acceptors (Lipinski definition) is 3. The molecule has 0 aliphatic carbocycles. The summed E-state index contributed by atoms with van der Waals surface area (Å²) in [5.74, 6) is -0.415. The summed E-state index contributed by atoms with van der Waals surface area (Å²) < 4.78 is 28.7. The largest absolute Gasteiger partial charge is 0.435 e. The molecule has 2 aromatic carbocycles. The van der Waals surface area contributed by atoms with Gasteiger partial charge in [0.25, 0.3) is 5.91 Å². The number of ether oxygens (including phenoxy) is 1. The van der Waals surface area contributed by atoms with Crippen LogP contribution >= 0.6 is 35.4 Å². The molecule has 1 aliphatic rings. The lowest BCUT2D eigenvalue weighted by Crippen LogP contribution is -2.30. The number of rotatable bonds is 4. The number of nitrogens with zero attached hydrogens (tertiary/aromatic N) is 1. The van der Waals surface area contributed by atoms with Crippen LogP contribution in [0.3, 0.4) is 0 Å². The highest BCUT2D eigenvalue weighted by atomic mass is 35.5. The molecule has 1 N–H and O–H groups in total. The minimum Gasteiger partial charge on any atom is -0.435 e. The topological polar surface area (TPSA) is 41.6 Å². The molecule has 0 radical (unpaired) electrons. The van der Waals surface area contributed by atoms with Gasteiger partial charge in [-0.3, -0.25) is 9.69 Å². The third-order valence-electron chi connectivity index (χ3n) is 3.46. The summed E-state index contributed by atoms with van der Waals surface area (Å²) in [7, 11) is 0. The Bertz CT molecular complexity index is 904. The van der Waals surface area contributed by atoms with E-state index in [2.05, 4.69) is 10.1 Å². The van der Waals surface area contributed by atoms with E-state index < -0.39 is 12.5 Å². The van der Waals surface area contributed by atoms with Crippen LogP contribution in [0.5, 0.6) is 5.75 Å². The monoisotopic (exact) mass is 414 g/mol. The maximum Gasteiger partial charge on any atom is 0.387 e. The Hall–Kier alpha value is -2.22. The molecule has 1 fully saturated rings. The van der Waals surface area contributed by atoms with Crippen LogP contribution in [-0.2, 0) is 4.79 Å². The van der Waals surface area contributed by atoms with E-state index >= 15 is 0 Å². The van der Waals surface area contributed by atoms with Crippen molar-refractivity contribution in [1.29, 1.82) is 0 Å². The molecule has 26 heavy (non-hydrogen) atoms. The van der Waals surface area contributed by atoms with Gasteiger partial charge < -0.3 is 10.1 Å². The maximum absolute atomic E-state index is 12.6. The summed E-state index contributed by atoms with van der Waals surface area (Å²) in [6, 6.07) is 10.5. The molecular weight excluding hydrogens is 405 g/mol. The lowest BCUT2D eigenvalue weighted by atomic mass is 10.2. The van der Waals surface area contributed by atoms with Crippen LogP contribution in [0.15, 0.2) is 48.2 Å². The molecule has 0 spiro atoms. The van der Waals surface area contributed by atoms with Crippen molar-refractivity contribution in [2.45, 2.75) is 6.61 Å². The van der Waals surface area contributed by atoms with Crippen LogP contribution in [0.2, 0.25) is 10.0 Å². The Kier molecular flexibility index (Phi) is 5.41. The number of carbonyl (C=O) groups is 1. The smallest absolute Gasteiger partial charge is 0.387 e. The normalized spacial score (nSPS) is 15.7. The van der Waals surface area contributed by atoms with E-state index in [1.54, 1.807) is 24.3 Å². The molecule has 9 heteroatoms. The maximum atomic E-state index is 12.6. The van der Waals surface area contributed by atoms with Crippen molar-refractivity contribution in [3.63, 3.8) is 0 Å². The van der Waals surface area contributed by atoms with E-state index in [-0.39, 0.29) is 16.6 Å². The van der Waals surface area contributed by atoms with Gasteiger partial charge in [-0.25, -0.2) is 0 Å². The summed E-state index contributed by atoms with van der Waals surface area (Å²) in [4.78, 5) is 13.9. The first-order valence-electron chi connectivity index (χ1n) is 7.22. The number of benzene rings is 2. The SMILES string of the molecule is O=C1C(=Cc2ccc(Cl)cc2Cl)NC(=S)N1c1ccc(OC(F)F)cc1. The first kappa shape index (κ1) is 18.6. The zero-order valence-corrected chi connectivity index (χ0v) is 15.2. The molecule has 3 rings (SSSR count). The van der Waals surface area contributed by atoms with Crippen molar-refractivity contribution in [2.75, 3.05) is 4.90 Å². The zero-order valence-electron chi connectivity index (χ0n) is 12.9. The van der Waals surface area contributed by atoms with Gasteiger partial charge in [0.2, 0.25) is 0 Å². The lowest BCUT2D eigenvalue weighted by molar-refractivity contribution is -0.113. The minimum atomic E-state index is -2.92. The van der Waals surface area contributed by atoms with Crippen LogP contribution in [0, 0.1) is 0 Å². The standard InChI is InChI=1S/C17H10Cl2F2N2O2S/c18-10-2-1-9(13(19)8-10)7-14-15(24)23(17(26)22-14)11-3-5-12(6-4-11)25-16(20)21/h1-8,16H,(H,22,26). The fourth-order valence-corrected chi connectivity index (χ4v) is 3.08. The average molecular weight is 415 g/mol. The molecular formula is C17H10Cl2F2N2O2S. The van der Waals surface area contributed by atoms with Crippen LogP contribution < -0.4 is 15.0 Å². The summed E-state index contributed by atoms with van der Waals surface area (Å²) in [5, 5.41) is 3.84. The first-order chi connectivity index (χ1) is 12.3. The molecule has 2 aromatic rings. The number of alkyl halides is 2. The van der Waals surface area contributed by atoms with Crippen molar-refractivity contribution < 1.29 is 18.3 Å². The number of hydrogen-bond donors (Lipinski definition) is 1. The average Bonchev–Trinajstić information content (AvgIpc) is 2.84. The van der Waals surface area contributed by atoms with E-state index in [1.807, 2.05) is 0 Å². The summed E-state index contributed by atoms with van der Waals surface area (Å²) in [6.07, 6.45) is 1.56. The van der Waals surface area contributed by atoms with Crippen molar-refractivity contribution in [3.05, 3.63) is 63.8 Å². The van der Waals surface area contributed by atoms with Gasteiger partial charge in [-0.05, 0) is 60.3 Å². The Morgan fingerprint density at radius 2 is 1.85 bits per heavy atom. The minimum absolute atomic E-state index is 0.0158. The van der Waals surface area contributed by atoms with Crippen molar-refractivity contribution in [1.82, 2.24) is 5.32 Å². The summed E-state index contributed by atoms with van der Waals surface area (Å²) in [6.45, 7) is -2.92. The molecule has 4 nitrogen and oxygen atoms in total. The second kappa shape index (κ2) is 7.57. The molecule has 0 unspecified atom stereocenters. The number of carbonyl (C=O) groups excluding carboxylic acids is 1. The Balaban J connectivity index is 1.86. The van der Waals surface area contributed by atoms with Gasteiger partial charge in [-0.2, -0.15) is 8.78 Å². The van der Waals surface area contributed by atoms with Gasteiger partial charge in [-0.1, -0.05) is 29.3 Å². The fourth-order valence-electron chi connectivity index (χ4n) is 2.32. The third kappa shape index (κ3) is 3.95. The van der Waals surface area contributed by atoms with E-state index in [0.29, 0.717) is 21.3 Å². The lowest BCUT2D eigenvalue weighted by Gasteiger charge is -2.14. The first-order valence-corrected chi connectivity index (χ1v) is 8.38. The second-order valence-electron chi connectivity index (χ2n) is 5.17. The third-order valence-corrected chi connectivity index (χ3v) is 4.31. The number of thiocarbonyl (C=S) groups is 1. The fraction of sp³-hybridized carbons (Fsp3) is 0.0588. The molecule has 1 amide bonds. The van der Waals surface area contributed by atoms with Gasteiger partial charge in [0, 0.05) is 10.0 Å². The van der Waals surface area contributed by atoms with E-state index in [1.165, 1.54) is 29.2 Å². The Labute approximate surface area is 162 Å². The van der Waals surface area contributed by atoms with Gasteiger partial charge in [0.15, 0.2) is 5.11 Å². The zero-order chi connectivity index (χ0) is 18.8. The molecule has 1 aliphatic heterocycles. The van der Waals surface area contributed by atoms with E-state index in [4.69, 9.17) is 35.4 Å². The summed E-state index contributed by atoms with van der Waals surface area (Å²) >= 11 is 17.2. The molecule has 1 heterocycles. The number of amides is 1. The van der Waals surface area contributed by atoms with Crippen molar-refractivity contribution in [2.24, 2.45) is 0 Å². The van der Waals surface area contributed by atoms with E-state index in [0.717, 1.165) is 0 Å². The van der Waals surface area contributed by atoms with Gasteiger partial charge in [0.1, 0.15) is 11.4 Å². The summed E-state index contributed by atoms with van der Waals surface area (Å²) in [5.41, 5.74) is 1.24. The van der Waals surface area contributed by atoms with Gasteiger partial charge >= 0.3 is 6.61 Å². The van der Waals surface area contributed by atoms with E-state index in [9.17, 15) is 13.6 Å². The molecule has 0 atom stereocenters. The number of anilines is 1. The number of nitrogens with one attached hydrogen (secondary N) is 1. The molecule has 0 bridgehead atoms. The van der Waals surface area contributed by atoms with Crippen LogP contribution in [-0.4, -0.2) is 17.6 Å². The van der Waals surface area contributed by atoms with Crippen LogP contribution in [0.1, 0.15) is 5.56 Å². The van der Waals surface area contributed by atoms with Crippen LogP contribution in [0.25, 0.3) is 6.08 Å². The van der Waals surface area contributed by atoms with Crippen molar-refractivity contribution >= 4 is 58.2 Å². The second-order valence-corrected chi connectivity index (χ2v) is 6.40. The molecule has 0 aromatic heterocycles. The highest BCUT2D eigenvalue weighted by Crippen LogP contribution is 2.27. The Morgan fingerprint density at radius 1 is 1.15 bits per heavy atom. The van der Waals surface area contributed by atoms with Crippen LogP contribution in [0.4, 0.5) is 14.5 Å².